The van der Waals surface area contributed by atoms with Gasteiger partial charge in [0.1, 0.15) is 11.6 Å². The van der Waals surface area contributed by atoms with Gasteiger partial charge in [0.05, 0.1) is 18.2 Å². The van der Waals surface area contributed by atoms with Crippen molar-refractivity contribution in [2.24, 2.45) is 0 Å². The number of ether oxygens (including phenoxy) is 1. The lowest BCUT2D eigenvalue weighted by atomic mass is 10.1. The molecule has 0 bridgehead atoms. The number of anilines is 1. The van der Waals surface area contributed by atoms with Gasteiger partial charge in [-0.25, -0.2) is 9.38 Å². The van der Waals surface area contributed by atoms with Gasteiger partial charge in [0, 0.05) is 37.5 Å². The van der Waals surface area contributed by atoms with E-state index in [9.17, 15) is 4.79 Å². The molecule has 3 heterocycles. The van der Waals surface area contributed by atoms with Gasteiger partial charge in [-0.05, 0) is 24.3 Å². The summed E-state index contributed by atoms with van der Waals surface area (Å²) in [6, 6.07) is 15.4. The second-order valence-electron chi connectivity index (χ2n) is 8.28. The Balaban J connectivity index is 1.47. The summed E-state index contributed by atoms with van der Waals surface area (Å²) in [6.45, 7) is 6.78. The molecule has 4 aromatic rings. The zero-order valence-electron chi connectivity index (χ0n) is 18.5. The lowest BCUT2D eigenvalue weighted by Crippen LogP contribution is -2.49. The van der Waals surface area contributed by atoms with E-state index in [4.69, 9.17) is 9.72 Å². The van der Waals surface area contributed by atoms with Gasteiger partial charge in [0.2, 0.25) is 5.95 Å². The third kappa shape index (κ3) is 3.32. The van der Waals surface area contributed by atoms with Crippen LogP contribution in [0.5, 0.6) is 5.75 Å². The Morgan fingerprint density at radius 3 is 2.44 bits per heavy atom. The van der Waals surface area contributed by atoms with Crippen molar-refractivity contribution < 1.29 is 9.53 Å². The van der Waals surface area contributed by atoms with E-state index in [2.05, 4.69) is 33.3 Å². The lowest BCUT2D eigenvalue weighted by Gasteiger charge is -2.36. The molecule has 2 aromatic heterocycles. The van der Waals surface area contributed by atoms with Crippen LogP contribution in [-0.4, -0.2) is 63.7 Å². The van der Waals surface area contributed by atoms with Crippen molar-refractivity contribution >= 4 is 28.4 Å². The molecule has 0 atom stereocenters. The van der Waals surface area contributed by atoms with Gasteiger partial charge in [-0.2, -0.15) is 0 Å². The van der Waals surface area contributed by atoms with Crippen LogP contribution in [0.3, 0.4) is 0 Å². The first-order valence-electron chi connectivity index (χ1n) is 10.9. The summed E-state index contributed by atoms with van der Waals surface area (Å²) in [4.78, 5) is 22.2. The van der Waals surface area contributed by atoms with E-state index in [1.165, 1.54) is 0 Å². The number of methoxy groups -OCH3 is 1. The Bertz CT molecular complexity index is 1290. The maximum atomic E-state index is 13.1. The van der Waals surface area contributed by atoms with E-state index < -0.39 is 0 Å². The highest BCUT2D eigenvalue weighted by Gasteiger charge is 2.27. The summed E-state index contributed by atoms with van der Waals surface area (Å²) in [5, 5.41) is 9.95. The van der Waals surface area contributed by atoms with Crippen LogP contribution < -0.4 is 9.64 Å². The average molecular weight is 431 g/mol. The fraction of sp³-hybridized carbons (Fsp3) is 0.333. The fourth-order valence-electron chi connectivity index (χ4n) is 4.27. The molecule has 164 valence electrons. The number of nitrogens with zero attached hydrogens (tertiary/aromatic N) is 6. The van der Waals surface area contributed by atoms with Crippen LogP contribution in [0.15, 0.2) is 48.5 Å². The molecule has 0 N–H and O–H groups in total. The first-order valence-corrected chi connectivity index (χ1v) is 10.9. The summed E-state index contributed by atoms with van der Waals surface area (Å²) in [7, 11) is 1.59. The number of hydrogen-bond donors (Lipinski definition) is 0. The van der Waals surface area contributed by atoms with Crippen LogP contribution in [0.1, 0.15) is 35.9 Å². The molecule has 0 aliphatic carbocycles. The van der Waals surface area contributed by atoms with Crippen LogP contribution in [0.2, 0.25) is 0 Å². The Morgan fingerprint density at radius 1 is 0.969 bits per heavy atom. The van der Waals surface area contributed by atoms with E-state index in [-0.39, 0.29) is 11.8 Å². The van der Waals surface area contributed by atoms with E-state index in [0.717, 1.165) is 28.3 Å². The van der Waals surface area contributed by atoms with Crippen LogP contribution in [0.4, 0.5) is 5.95 Å². The Kier molecular flexibility index (Phi) is 5.13. The molecule has 0 radical (unpaired) electrons. The van der Waals surface area contributed by atoms with Crippen molar-refractivity contribution in [1.82, 2.24) is 24.5 Å². The number of piperazine rings is 1. The summed E-state index contributed by atoms with van der Waals surface area (Å²) in [6.07, 6.45) is 0. The number of aromatic nitrogens is 4. The smallest absolute Gasteiger partial charge is 0.257 e. The molecule has 0 saturated carbocycles. The van der Waals surface area contributed by atoms with Gasteiger partial charge >= 0.3 is 0 Å². The standard InChI is InChI=1S/C24H26N6O2/c1-16(2)21-26-27-22-17-8-4-6-10-19(17)25-24(30(21)22)29-14-12-28(13-15-29)23(31)18-9-5-7-11-20(18)32-3/h4-11,16H,12-15H2,1-3H3. The van der Waals surface area contributed by atoms with Crippen molar-refractivity contribution in [2.45, 2.75) is 19.8 Å². The molecular weight excluding hydrogens is 404 g/mol. The monoisotopic (exact) mass is 430 g/mol. The van der Waals surface area contributed by atoms with E-state index in [1.807, 2.05) is 53.4 Å². The first kappa shape index (κ1) is 20.2. The highest BCUT2D eigenvalue weighted by Crippen LogP contribution is 2.28. The van der Waals surface area contributed by atoms with Crippen molar-refractivity contribution in [3.63, 3.8) is 0 Å². The molecule has 1 saturated heterocycles. The van der Waals surface area contributed by atoms with Crippen molar-refractivity contribution in [1.29, 1.82) is 0 Å². The second kappa shape index (κ2) is 8.11. The molecular formula is C24H26N6O2. The minimum atomic E-state index is -0.00844. The molecule has 1 amide bonds. The van der Waals surface area contributed by atoms with Crippen molar-refractivity contribution in [2.75, 3.05) is 38.2 Å². The van der Waals surface area contributed by atoms with Gasteiger partial charge < -0.3 is 14.5 Å². The average Bonchev–Trinajstić information content (AvgIpc) is 3.29. The molecule has 2 aromatic carbocycles. The van der Waals surface area contributed by atoms with Crippen LogP contribution in [0, 0.1) is 0 Å². The van der Waals surface area contributed by atoms with Gasteiger partial charge in [-0.1, -0.05) is 38.1 Å². The predicted octanol–water partition coefficient (Wildman–Crippen LogP) is 3.37. The molecule has 1 fully saturated rings. The topological polar surface area (TPSA) is 75.9 Å². The SMILES string of the molecule is COc1ccccc1C(=O)N1CCN(c2nc3ccccc3c3nnc(C(C)C)n23)CC1. The zero-order valence-corrected chi connectivity index (χ0v) is 18.5. The van der Waals surface area contributed by atoms with Gasteiger partial charge in [-0.3, -0.25) is 4.79 Å². The number of benzene rings is 2. The molecule has 1 aliphatic heterocycles. The number of para-hydroxylation sites is 2. The van der Waals surface area contributed by atoms with Gasteiger partial charge in [0.15, 0.2) is 5.65 Å². The minimum Gasteiger partial charge on any atom is -0.496 e. The molecule has 0 unspecified atom stereocenters. The summed E-state index contributed by atoms with van der Waals surface area (Å²) < 4.78 is 7.45. The Hall–Kier alpha value is -3.68. The van der Waals surface area contributed by atoms with Crippen LogP contribution in [-0.2, 0) is 0 Å². The molecule has 8 nitrogen and oxygen atoms in total. The molecule has 1 aliphatic rings. The number of carbonyl (C=O) groups is 1. The van der Waals surface area contributed by atoms with Gasteiger partial charge in [0.25, 0.3) is 5.91 Å². The zero-order chi connectivity index (χ0) is 22.2. The quantitative estimate of drug-likeness (QED) is 0.494. The third-order valence-electron chi connectivity index (χ3n) is 5.96. The maximum absolute atomic E-state index is 13.1. The highest BCUT2D eigenvalue weighted by atomic mass is 16.5. The first-order chi connectivity index (χ1) is 15.6. The summed E-state index contributed by atoms with van der Waals surface area (Å²) in [5.41, 5.74) is 2.31. The maximum Gasteiger partial charge on any atom is 0.257 e. The van der Waals surface area contributed by atoms with E-state index >= 15 is 0 Å². The molecule has 32 heavy (non-hydrogen) atoms. The van der Waals surface area contributed by atoms with Crippen LogP contribution in [0.25, 0.3) is 16.6 Å². The summed E-state index contributed by atoms with van der Waals surface area (Å²) in [5.74, 6) is 2.52. The number of carbonyl (C=O) groups excluding carboxylic acids is 1. The third-order valence-corrected chi connectivity index (χ3v) is 5.96. The van der Waals surface area contributed by atoms with E-state index in [0.29, 0.717) is 37.5 Å². The number of rotatable bonds is 4. The normalized spacial score (nSPS) is 14.5. The molecule has 8 heteroatoms. The summed E-state index contributed by atoms with van der Waals surface area (Å²) >= 11 is 0. The number of amides is 1. The molecule has 5 rings (SSSR count). The van der Waals surface area contributed by atoms with E-state index in [1.54, 1.807) is 7.11 Å². The minimum absolute atomic E-state index is 0.00844. The lowest BCUT2D eigenvalue weighted by molar-refractivity contribution is 0.0742. The van der Waals surface area contributed by atoms with Crippen molar-refractivity contribution in [3.05, 3.63) is 59.9 Å². The molecule has 0 spiro atoms. The van der Waals surface area contributed by atoms with Crippen LogP contribution >= 0.6 is 0 Å². The Morgan fingerprint density at radius 2 is 1.69 bits per heavy atom. The predicted molar refractivity (Wildman–Crippen MR) is 123 cm³/mol. The van der Waals surface area contributed by atoms with Gasteiger partial charge in [-0.15, -0.1) is 10.2 Å². The fourth-order valence-corrected chi connectivity index (χ4v) is 4.27. The highest BCUT2D eigenvalue weighted by molar-refractivity contribution is 5.97. The largest absolute Gasteiger partial charge is 0.496 e. The number of hydrogen-bond acceptors (Lipinski definition) is 6. The number of fused-ring (bicyclic) bond motifs is 3. The Labute approximate surface area is 186 Å². The second-order valence-corrected chi connectivity index (χ2v) is 8.28. The van der Waals surface area contributed by atoms with Crippen molar-refractivity contribution in [3.8, 4) is 5.75 Å².